The number of aryl methyl sites for hydroxylation is 1. The number of ketones is 1. The third kappa shape index (κ3) is 2.65. The second kappa shape index (κ2) is 7.21. The summed E-state index contributed by atoms with van der Waals surface area (Å²) in [6.07, 6.45) is 4.14. The predicted molar refractivity (Wildman–Crippen MR) is 118 cm³/mol. The van der Waals surface area contributed by atoms with E-state index >= 15 is 0 Å². The zero-order chi connectivity index (χ0) is 23.5. The smallest absolute Gasteiger partial charge is 0.280 e. The van der Waals surface area contributed by atoms with Gasteiger partial charge in [0.15, 0.2) is 0 Å². The first-order valence-corrected chi connectivity index (χ1v) is 11.1. The van der Waals surface area contributed by atoms with Gasteiger partial charge in [0.05, 0.1) is 16.8 Å². The number of nitro benzene ring substituents is 1. The van der Waals surface area contributed by atoms with E-state index in [-0.39, 0.29) is 22.7 Å². The molecule has 1 aliphatic heterocycles. The summed E-state index contributed by atoms with van der Waals surface area (Å²) in [6.45, 7) is 6.12. The maximum absolute atomic E-state index is 14.1. The third-order valence-electron chi connectivity index (χ3n) is 6.64. The minimum absolute atomic E-state index is 0.0506. The molecule has 170 valence electrons. The molecule has 1 aliphatic carbocycles. The average molecular weight is 448 g/mol. The van der Waals surface area contributed by atoms with Crippen LogP contribution in [0.3, 0.4) is 0 Å². The molecule has 2 atom stereocenters. The lowest BCUT2D eigenvalue weighted by atomic mass is 9.82. The van der Waals surface area contributed by atoms with Crippen LogP contribution in [-0.4, -0.2) is 30.8 Å². The van der Waals surface area contributed by atoms with Crippen LogP contribution in [0.4, 0.5) is 5.69 Å². The van der Waals surface area contributed by atoms with Crippen molar-refractivity contribution in [3.63, 3.8) is 0 Å². The molecule has 1 aromatic heterocycles. The first kappa shape index (κ1) is 21.3. The lowest BCUT2D eigenvalue weighted by Crippen LogP contribution is -2.54. The Balaban J connectivity index is 1.80. The van der Waals surface area contributed by atoms with Gasteiger partial charge < -0.3 is 9.84 Å². The molecule has 5 rings (SSSR count). The van der Waals surface area contributed by atoms with Crippen molar-refractivity contribution >= 4 is 11.5 Å². The Morgan fingerprint density at radius 3 is 2.73 bits per heavy atom. The summed E-state index contributed by atoms with van der Waals surface area (Å²) < 4.78 is 7.44. The van der Waals surface area contributed by atoms with Crippen LogP contribution in [0.1, 0.15) is 72.3 Å². The number of fused-ring (bicyclic) bond motifs is 5. The summed E-state index contributed by atoms with van der Waals surface area (Å²) in [5.41, 5.74) is -0.319. The van der Waals surface area contributed by atoms with E-state index in [2.05, 4.69) is 17.2 Å². The molecule has 2 aromatic carbocycles. The van der Waals surface area contributed by atoms with Gasteiger partial charge in [0.25, 0.3) is 11.5 Å². The molecular weight excluding hydrogens is 424 g/mol. The van der Waals surface area contributed by atoms with Crippen LogP contribution in [0.15, 0.2) is 42.6 Å². The molecule has 0 saturated heterocycles. The number of ether oxygens (including phenoxy) is 1. The van der Waals surface area contributed by atoms with Crippen LogP contribution in [0.25, 0.3) is 0 Å². The largest absolute Gasteiger partial charge is 0.454 e. The lowest BCUT2D eigenvalue weighted by Gasteiger charge is -2.33. The van der Waals surface area contributed by atoms with Gasteiger partial charge in [-0.25, -0.2) is 4.68 Å². The van der Waals surface area contributed by atoms with Crippen LogP contribution in [-0.2, 0) is 17.7 Å². The summed E-state index contributed by atoms with van der Waals surface area (Å²) in [5.74, 6) is -2.31. The number of unbranched alkanes of at least 4 members (excludes halogenated alkanes) is 1. The molecule has 0 bridgehead atoms. The van der Waals surface area contributed by atoms with Gasteiger partial charge in [0.2, 0.25) is 11.3 Å². The van der Waals surface area contributed by atoms with Crippen molar-refractivity contribution in [3.05, 3.63) is 80.7 Å². The Morgan fingerprint density at radius 1 is 1.24 bits per heavy atom. The van der Waals surface area contributed by atoms with Crippen molar-refractivity contribution < 1.29 is 19.6 Å². The number of rotatable bonds is 6. The maximum atomic E-state index is 14.1. The van der Waals surface area contributed by atoms with Gasteiger partial charge in [-0.05, 0) is 30.4 Å². The molecule has 0 fully saturated rings. The maximum Gasteiger partial charge on any atom is 0.280 e. The highest BCUT2D eigenvalue weighted by Gasteiger charge is 2.74. The summed E-state index contributed by atoms with van der Waals surface area (Å²) in [4.78, 5) is 25.2. The van der Waals surface area contributed by atoms with Crippen molar-refractivity contribution in [3.8, 4) is 5.75 Å². The number of benzene rings is 2. The molecule has 33 heavy (non-hydrogen) atoms. The standard InChI is InChI=1S/C24H24N4O5/c1-4-5-7-16-13-27(26-25-16)23-17-11-10-15(14(2)3)12-20(17)33-24(23,30)18-8-6-9-19(28(31)32)21(18)22(23)29/h6,8-14,30H,4-5,7H2,1-3H3. The fourth-order valence-electron chi connectivity index (χ4n) is 4.93. The Morgan fingerprint density at radius 2 is 2.03 bits per heavy atom. The minimum atomic E-state index is -2.21. The van der Waals surface area contributed by atoms with Gasteiger partial charge >= 0.3 is 0 Å². The molecule has 0 saturated carbocycles. The molecule has 0 radical (unpaired) electrons. The zero-order valence-electron chi connectivity index (χ0n) is 18.6. The molecule has 2 aliphatic rings. The van der Waals surface area contributed by atoms with E-state index < -0.39 is 22.0 Å². The number of carbonyl (C=O) groups excluding carboxylic acids is 1. The number of hydrogen-bond donors (Lipinski definition) is 1. The van der Waals surface area contributed by atoms with Gasteiger partial charge in [0.1, 0.15) is 11.3 Å². The number of hydrogen-bond acceptors (Lipinski definition) is 7. The average Bonchev–Trinajstić information content (AvgIpc) is 3.41. The molecule has 3 aromatic rings. The lowest BCUT2D eigenvalue weighted by molar-refractivity contribution is -0.385. The fraction of sp³-hybridized carbons (Fsp3) is 0.375. The number of Topliss-reactive ketones (excluding diaryl/α,β-unsaturated/α-hetero) is 1. The quantitative estimate of drug-likeness (QED) is 0.449. The number of aliphatic hydroxyl groups is 1. The van der Waals surface area contributed by atoms with E-state index in [4.69, 9.17) is 4.74 Å². The number of nitro groups is 1. The Labute approximate surface area is 190 Å². The highest BCUT2D eigenvalue weighted by molar-refractivity contribution is 6.13. The van der Waals surface area contributed by atoms with Crippen molar-refractivity contribution in [1.29, 1.82) is 0 Å². The van der Waals surface area contributed by atoms with E-state index in [1.807, 2.05) is 19.9 Å². The van der Waals surface area contributed by atoms with Gasteiger partial charge in [-0.3, -0.25) is 14.9 Å². The second-order valence-corrected chi connectivity index (χ2v) is 8.91. The van der Waals surface area contributed by atoms with E-state index in [0.29, 0.717) is 23.4 Å². The molecule has 2 heterocycles. The molecular formula is C24H24N4O5. The fourth-order valence-corrected chi connectivity index (χ4v) is 4.93. The molecule has 0 spiro atoms. The molecule has 2 unspecified atom stereocenters. The number of carbonyl (C=O) groups is 1. The monoisotopic (exact) mass is 448 g/mol. The normalized spacial score (nSPS) is 22.8. The Bertz CT molecular complexity index is 1300. The van der Waals surface area contributed by atoms with Crippen molar-refractivity contribution in [1.82, 2.24) is 15.0 Å². The summed E-state index contributed by atoms with van der Waals surface area (Å²) in [6, 6.07) is 9.61. The van der Waals surface area contributed by atoms with Crippen LogP contribution >= 0.6 is 0 Å². The number of nitrogens with zero attached hydrogens (tertiary/aromatic N) is 4. The zero-order valence-corrected chi connectivity index (χ0v) is 18.6. The van der Waals surface area contributed by atoms with Crippen molar-refractivity contribution in [2.24, 2.45) is 0 Å². The van der Waals surface area contributed by atoms with E-state index in [0.717, 1.165) is 18.4 Å². The van der Waals surface area contributed by atoms with Gasteiger partial charge in [-0.2, -0.15) is 0 Å². The summed E-state index contributed by atoms with van der Waals surface area (Å²) >= 11 is 0. The second-order valence-electron chi connectivity index (χ2n) is 8.91. The summed E-state index contributed by atoms with van der Waals surface area (Å²) in [5, 5.41) is 32.2. The van der Waals surface area contributed by atoms with E-state index in [9.17, 15) is 20.0 Å². The Hall–Kier alpha value is -3.59. The van der Waals surface area contributed by atoms with Crippen molar-refractivity contribution in [2.45, 2.75) is 57.3 Å². The molecule has 9 nitrogen and oxygen atoms in total. The van der Waals surface area contributed by atoms with Gasteiger partial charge in [-0.15, -0.1) is 5.10 Å². The highest BCUT2D eigenvalue weighted by Crippen LogP contribution is 2.61. The van der Waals surface area contributed by atoms with Gasteiger partial charge in [-0.1, -0.05) is 56.7 Å². The van der Waals surface area contributed by atoms with E-state index in [1.165, 1.54) is 22.9 Å². The first-order valence-electron chi connectivity index (χ1n) is 11.1. The minimum Gasteiger partial charge on any atom is -0.454 e. The van der Waals surface area contributed by atoms with Gasteiger partial charge in [0, 0.05) is 17.2 Å². The SMILES string of the molecule is CCCCc1cn(C23C(=O)c4c([N+](=O)[O-])cccc4C2(O)Oc2cc(C(C)C)ccc23)nn1. The third-order valence-corrected chi connectivity index (χ3v) is 6.64. The van der Waals surface area contributed by atoms with Crippen LogP contribution in [0, 0.1) is 10.1 Å². The highest BCUT2D eigenvalue weighted by atomic mass is 16.6. The molecule has 0 amide bonds. The first-order chi connectivity index (χ1) is 15.8. The van der Waals surface area contributed by atoms with Crippen LogP contribution in [0.2, 0.25) is 0 Å². The van der Waals surface area contributed by atoms with Crippen molar-refractivity contribution in [2.75, 3.05) is 0 Å². The number of aromatic nitrogens is 3. The predicted octanol–water partition coefficient (Wildman–Crippen LogP) is 3.83. The van der Waals surface area contributed by atoms with Crippen LogP contribution < -0.4 is 4.74 Å². The van der Waals surface area contributed by atoms with Crippen LogP contribution in [0.5, 0.6) is 5.75 Å². The topological polar surface area (TPSA) is 120 Å². The molecule has 9 heteroatoms. The van der Waals surface area contributed by atoms with E-state index in [1.54, 1.807) is 18.3 Å². The Kier molecular flexibility index (Phi) is 4.65. The molecule has 1 N–H and O–H groups in total. The summed E-state index contributed by atoms with van der Waals surface area (Å²) in [7, 11) is 0.